The molecule has 68 heavy (non-hydrogen) atoms. The van der Waals surface area contributed by atoms with Crippen LogP contribution in [0.5, 0.6) is 0 Å². The van der Waals surface area contributed by atoms with Crippen molar-refractivity contribution in [3.8, 4) is 50.2 Å². The molecule has 0 bridgehead atoms. The van der Waals surface area contributed by atoms with E-state index in [0.29, 0.717) is 12.4 Å². The Morgan fingerprint density at radius 1 is 0.456 bits per heavy atom. The number of benzene rings is 9. The number of rotatable bonds is 7. The summed E-state index contributed by atoms with van der Waals surface area (Å²) in [7, 11) is 0. The Balaban J connectivity index is 0.000000232. The predicted octanol–water partition coefficient (Wildman–Crippen LogP) is 17.0. The van der Waals surface area contributed by atoms with Crippen LogP contribution in [-0.4, -0.2) is 17.1 Å². The molecule has 12 rings (SSSR count). The van der Waals surface area contributed by atoms with Gasteiger partial charge in [0.05, 0.1) is 17.6 Å². The highest BCUT2D eigenvalue weighted by Crippen LogP contribution is 2.42. The van der Waals surface area contributed by atoms with Crippen molar-refractivity contribution in [3.63, 3.8) is 0 Å². The largest absolute Gasteiger partial charge is 0.309 e. The van der Waals surface area contributed by atoms with Crippen LogP contribution in [0.2, 0.25) is 0 Å². The first-order chi connectivity index (χ1) is 33.6. The van der Waals surface area contributed by atoms with E-state index in [1.165, 1.54) is 105 Å². The predicted molar refractivity (Wildman–Crippen MR) is 293 cm³/mol. The van der Waals surface area contributed by atoms with Crippen molar-refractivity contribution in [2.45, 2.75) is 46.6 Å². The first kappa shape index (κ1) is 45.0. The Bertz CT molecular complexity index is 3430. The third-order valence-corrected chi connectivity index (χ3v) is 13.0. The van der Waals surface area contributed by atoms with Gasteiger partial charge in [-0.3, -0.25) is 4.99 Å². The first-order valence-corrected chi connectivity index (χ1v) is 23.8. The number of hydrogen-bond acceptors (Lipinski definition) is 1. The minimum absolute atomic E-state index is 0.629. The highest BCUT2D eigenvalue weighted by atomic mass is 15.0. The fourth-order valence-electron chi connectivity index (χ4n) is 9.74. The van der Waals surface area contributed by atoms with E-state index in [-0.39, 0.29) is 0 Å². The zero-order valence-electron chi connectivity index (χ0n) is 39.4. The van der Waals surface area contributed by atoms with Gasteiger partial charge in [-0.15, -0.1) is 13.2 Å². The van der Waals surface area contributed by atoms with Crippen molar-refractivity contribution < 1.29 is 0 Å². The van der Waals surface area contributed by atoms with E-state index in [1.807, 2.05) is 62.4 Å². The van der Waals surface area contributed by atoms with Crippen molar-refractivity contribution in [3.05, 3.63) is 258 Å². The minimum Gasteiger partial charge on any atom is -0.309 e. The smallest absolute Gasteiger partial charge is 0.154 e. The quantitative estimate of drug-likeness (QED) is 0.0867. The molecular formula is C65H57N3. The van der Waals surface area contributed by atoms with Gasteiger partial charge in [0.2, 0.25) is 0 Å². The average molecular weight is 880 g/mol. The van der Waals surface area contributed by atoms with Gasteiger partial charge in [0.15, 0.2) is 5.84 Å². The van der Waals surface area contributed by atoms with Gasteiger partial charge in [0.1, 0.15) is 0 Å². The molecule has 0 amide bonds. The lowest BCUT2D eigenvalue weighted by Gasteiger charge is -2.12. The SMILES string of the molecule is C=C.C=NC(=NCc1ccccc1)c1ccccc1.CC.CCc1ccc2c(c1)-c1cc(-c3cccc(-n4c5ccccc5c5cc(-c6ccc7c(c6)-c6ccccc6C7)ccc54)c3)ccc1C2. The minimum atomic E-state index is 0.629. The zero-order valence-corrected chi connectivity index (χ0v) is 39.4. The van der Waals surface area contributed by atoms with Crippen LogP contribution in [0.4, 0.5) is 0 Å². The van der Waals surface area contributed by atoms with Crippen molar-refractivity contribution in [2.24, 2.45) is 9.98 Å². The van der Waals surface area contributed by atoms with Crippen LogP contribution in [0.1, 0.15) is 59.7 Å². The highest BCUT2D eigenvalue weighted by molar-refractivity contribution is 6.10. The second kappa shape index (κ2) is 20.6. The summed E-state index contributed by atoms with van der Waals surface area (Å²) in [6.45, 7) is 16.4. The molecule has 0 atom stereocenters. The molecule has 0 saturated heterocycles. The summed E-state index contributed by atoms with van der Waals surface area (Å²) in [6.07, 6.45) is 3.11. The van der Waals surface area contributed by atoms with Crippen LogP contribution in [0.15, 0.2) is 229 Å². The summed E-state index contributed by atoms with van der Waals surface area (Å²) >= 11 is 0. The summed E-state index contributed by atoms with van der Waals surface area (Å²) in [5.74, 6) is 0.689. The molecule has 3 heteroatoms. The van der Waals surface area contributed by atoms with E-state index in [1.54, 1.807) is 0 Å². The van der Waals surface area contributed by atoms with Gasteiger partial charge in [0.25, 0.3) is 0 Å². The molecule has 0 spiro atoms. The molecule has 0 aliphatic heterocycles. The highest BCUT2D eigenvalue weighted by Gasteiger charge is 2.21. The molecule has 0 radical (unpaired) electrons. The number of nitrogens with zero attached hydrogens (tertiary/aromatic N) is 3. The summed E-state index contributed by atoms with van der Waals surface area (Å²) in [6, 6.07) is 74.8. The van der Waals surface area contributed by atoms with Gasteiger partial charge < -0.3 is 4.57 Å². The van der Waals surface area contributed by atoms with Gasteiger partial charge >= 0.3 is 0 Å². The molecule has 9 aromatic carbocycles. The van der Waals surface area contributed by atoms with Crippen LogP contribution < -0.4 is 0 Å². The molecule has 0 fully saturated rings. The number of aryl methyl sites for hydroxylation is 1. The lowest BCUT2D eigenvalue weighted by atomic mass is 9.97. The number of fused-ring (bicyclic) bond motifs is 9. The molecule has 1 aromatic heterocycles. The van der Waals surface area contributed by atoms with Gasteiger partial charge in [-0.2, -0.15) is 0 Å². The number of aliphatic imine (C=N–C) groups is 2. The molecule has 0 saturated carbocycles. The third-order valence-electron chi connectivity index (χ3n) is 13.0. The molecule has 2 aliphatic carbocycles. The van der Waals surface area contributed by atoms with Crippen LogP contribution in [0, 0.1) is 0 Å². The Hall–Kier alpha value is -8.14. The Morgan fingerprint density at radius 2 is 1.00 bits per heavy atom. The topological polar surface area (TPSA) is 29.6 Å². The normalized spacial score (nSPS) is 11.7. The fraction of sp³-hybridized carbons (Fsp3) is 0.108. The first-order valence-electron chi connectivity index (χ1n) is 23.8. The lowest BCUT2D eigenvalue weighted by molar-refractivity contribution is 1.06. The van der Waals surface area contributed by atoms with E-state index in [9.17, 15) is 0 Å². The maximum Gasteiger partial charge on any atom is 0.154 e. The second-order valence-corrected chi connectivity index (χ2v) is 16.9. The number of aromatic nitrogens is 1. The van der Waals surface area contributed by atoms with E-state index in [4.69, 9.17) is 0 Å². The van der Waals surface area contributed by atoms with Crippen LogP contribution in [-0.2, 0) is 25.8 Å². The fourth-order valence-corrected chi connectivity index (χ4v) is 9.74. The van der Waals surface area contributed by atoms with Crippen LogP contribution >= 0.6 is 0 Å². The van der Waals surface area contributed by atoms with E-state index < -0.39 is 0 Å². The molecule has 0 N–H and O–H groups in total. The maximum absolute atomic E-state index is 4.47. The van der Waals surface area contributed by atoms with Crippen molar-refractivity contribution >= 4 is 34.4 Å². The van der Waals surface area contributed by atoms with Crippen LogP contribution in [0.3, 0.4) is 0 Å². The van der Waals surface area contributed by atoms with Gasteiger partial charge in [-0.1, -0.05) is 185 Å². The Kier molecular flexibility index (Phi) is 13.6. The number of hydrogen-bond donors (Lipinski definition) is 0. The average Bonchev–Trinajstić information content (AvgIpc) is 4.09. The summed E-state index contributed by atoms with van der Waals surface area (Å²) in [5.41, 5.74) is 23.5. The zero-order chi connectivity index (χ0) is 47.0. The van der Waals surface area contributed by atoms with Crippen LogP contribution in [0.25, 0.3) is 72.0 Å². The molecular weight excluding hydrogens is 823 g/mol. The molecule has 0 unspecified atom stereocenters. The van der Waals surface area contributed by atoms with E-state index >= 15 is 0 Å². The van der Waals surface area contributed by atoms with Gasteiger partial charge in [-0.05, 0) is 146 Å². The van der Waals surface area contributed by atoms with Gasteiger partial charge in [0, 0.05) is 22.0 Å². The molecule has 3 nitrogen and oxygen atoms in total. The monoisotopic (exact) mass is 879 g/mol. The molecule has 2 aliphatic rings. The second-order valence-electron chi connectivity index (χ2n) is 16.9. The van der Waals surface area contributed by atoms with Crippen molar-refractivity contribution in [1.29, 1.82) is 0 Å². The van der Waals surface area contributed by atoms with E-state index in [0.717, 1.165) is 24.8 Å². The Labute approximate surface area is 402 Å². The van der Waals surface area contributed by atoms with E-state index in [2.05, 4.69) is 199 Å². The molecule has 10 aromatic rings. The van der Waals surface area contributed by atoms with Crippen molar-refractivity contribution in [1.82, 2.24) is 4.57 Å². The molecule has 1 heterocycles. The molecule has 332 valence electrons. The lowest BCUT2D eigenvalue weighted by Crippen LogP contribution is -1.97. The summed E-state index contributed by atoms with van der Waals surface area (Å²) in [4.78, 5) is 8.44. The standard InChI is InChI=1S/C46H33N.C15H14N2.C2H6.C2H4/c1-2-29-14-15-35-24-37-19-16-31(27-43(37)41(35)22-29)30-9-7-10-38(25-30)47-45-13-6-5-12-40(45)44-28-33(20-21-46(44)47)32-17-18-36-23-34-8-3-4-11-39(34)42(36)26-32;1-16-15(14-10-6-3-7-11-14)17-12-13-8-4-2-5-9-13;2*1-2/h3-22,25-28H,2,23-24H2,1H3;2-11H,1,12H2;1-2H3;1-2H2. The summed E-state index contributed by atoms with van der Waals surface area (Å²) in [5, 5.41) is 2.56. The maximum atomic E-state index is 4.47. The Morgan fingerprint density at radius 3 is 1.71 bits per heavy atom. The summed E-state index contributed by atoms with van der Waals surface area (Å²) < 4.78 is 2.44. The van der Waals surface area contributed by atoms with Gasteiger partial charge in [-0.25, -0.2) is 4.99 Å². The number of amidine groups is 1. The van der Waals surface area contributed by atoms with Crippen molar-refractivity contribution in [2.75, 3.05) is 0 Å². The number of para-hydroxylation sites is 1. The third kappa shape index (κ3) is 8.91.